The topological polar surface area (TPSA) is 37.3 Å². The summed E-state index contributed by atoms with van der Waals surface area (Å²) in [4.78, 5) is 14.0. The van der Waals surface area contributed by atoms with Crippen molar-refractivity contribution in [2.75, 3.05) is 6.54 Å². The first-order chi connectivity index (χ1) is 11.8. The second-order valence-electron chi connectivity index (χ2n) is 6.44. The molecule has 1 amide bonds. The van der Waals surface area contributed by atoms with Crippen molar-refractivity contribution in [3.63, 3.8) is 0 Å². The number of thiocarbonyl (C=S) groups is 1. The van der Waals surface area contributed by atoms with Gasteiger partial charge in [-0.15, -0.1) is 0 Å². The van der Waals surface area contributed by atoms with Gasteiger partial charge in [-0.2, -0.15) is 0 Å². The average molecular weight is 353 g/mol. The van der Waals surface area contributed by atoms with E-state index < -0.39 is 0 Å². The molecule has 0 aliphatic carbocycles. The van der Waals surface area contributed by atoms with E-state index in [1.165, 1.54) is 16.8 Å². The van der Waals surface area contributed by atoms with E-state index in [9.17, 15) is 4.79 Å². The number of benzene rings is 1. The molecule has 4 nitrogen and oxygen atoms in total. The van der Waals surface area contributed by atoms with Crippen molar-refractivity contribution in [1.29, 1.82) is 0 Å². The maximum absolute atomic E-state index is 12.4. The van der Waals surface area contributed by atoms with Gasteiger partial charge in [-0.3, -0.25) is 9.69 Å². The number of likely N-dealkylation sites (N-methyl/N-ethyl adjacent to an activating group) is 1. The number of aromatic nitrogens is 1. The van der Waals surface area contributed by atoms with E-state index in [1.807, 2.05) is 13.0 Å². The molecule has 5 heteroatoms. The van der Waals surface area contributed by atoms with E-state index in [-0.39, 0.29) is 5.91 Å². The van der Waals surface area contributed by atoms with Crippen LogP contribution < -0.4 is 5.32 Å². The molecule has 1 saturated heterocycles. The van der Waals surface area contributed by atoms with Crippen LogP contribution in [-0.2, 0) is 4.79 Å². The molecule has 0 spiro atoms. The smallest absolute Gasteiger partial charge is 0.276 e. The van der Waals surface area contributed by atoms with Crippen LogP contribution >= 0.6 is 12.2 Å². The van der Waals surface area contributed by atoms with Gasteiger partial charge >= 0.3 is 0 Å². The monoisotopic (exact) mass is 353 g/mol. The van der Waals surface area contributed by atoms with E-state index in [2.05, 4.69) is 61.8 Å². The molecule has 130 valence electrons. The van der Waals surface area contributed by atoms with Crippen LogP contribution in [0.5, 0.6) is 0 Å². The third-order valence-corrected chi connectivity index (χ3v) is 5.03. The number of nitrogens with zero attached hydrogens (tertiary/aromatic N) is 2. The molecule has 0 atom stereocenters. The van der Waals surface area contributed by atoms with Crippen LogP contribution in [0.2, 0.25) is 0 Å². The summed E-state index contributed by atoms with van der Waals surface area (Å²) in [6.07, 6.45) is 1.90. The molecule has 2 heterocycles. The van der Waals surface area contributed by atoms with Gasteiger partial charge in [-0.25, -0.2) is 0 Å². The largest absolute Gasteiger partial charge is 0.328 e. The van der Waals surface area contributed by atoms with E-state index in [0.717, 1.165) is 17.0 Å². The Morgan fingerprint density at radius 1 is 1.16 bits per heavy atom. The molecule has 0 radical (unpaired) electrons. The summed E-state index contributed by atoms with van der Waals surface area (Å²) in [5, 5.41) is 3.51. The second kappa shape index (κ2) is 6.48. The lowest BCUT2D eigenvalue weighted by Crippen LogP contribution is -2.30. The molecular weight excluding hydrogens is 330 g/mol. The highest BCUT2D eigenvalue weighted by atomic mass is 32.1. The minimum absolute atomic E-state index is 0.0654. The molecule has 1 N–H and O–H groups in total. The molecule has 1 aliphatic heterocycles. The molecule has 25 heavy (non-hydrogen) atoms. The molecule has 1 aliphatic rings. The molecule has 1 aromatic heterocycles. The predicted octanol–water partition coefficient (Wildman–Crippen LogP) is 3.79. The van der Waals surface area contributed by atoms with Crippen LogP contribution in [0.4, 0.5) is 0 Å². The standard InChI is InChI=1S/C20H23N3OS/c1-6-22-19(24)17(21-20(22)25)11-16-10-14(4)23(15(16)5)18-12(2)8-7-9-13(18)3/h7-11H,6H2,1-5H3,(H,21,25)/b17-11-. The number of nitrogens with one attached hydrogen (secondary N) is 1. The number of rotatable bonds is 3. The van der Waals surface area contributed by atoms with Gasteiger partial charge in [0.2, 0.25) is 0 Å². The molecule has 0 bridgehead atoms. The van der Waals surface area contributed by atoms with E-state index >= 15 is 0 Å². The van der Waals surface area contributed by atoms with Crippen LogP contribution in [-0.4, -0.2) is 27.0 Å². The lowest BCUT2D eigenvalue weighted by atomic mass is 10.1. The fourth-order valence-corrected chi connectivity index (χ4v) is 3.77. The van der Waals surface area contributed by atoms with Crippen LogP contribution in [0.3, 0.4) is 0 Å². The first-order valence-electron chi connectivity index (χ1n) is 8.45. The van der Waals surface area contributed by atoms with Gasteiger partial charge in [0.15, 0.2) is 5.11 Å². The molecule has 1 aromatic carbocycles. The SMILES string of the molecule is CCN1C(=O)/C(=C/c2cc(C)n(-c3c(C)cccc3C)c2C)NC1=S. The first-order valence-corrected chi connectivity index (χ1v) is 8.86. The molecular formula is C20H23N3OS. The van der Waals surface area contributed by atoms with Crippen LogP contribution in [0.1, 0.15) is 35.0 Å². The lowest BCUT2D eigenvalue weighted by Gasteiger charge is -2.15. The maximum atomic E-state index is 12.4. The van der Waals surface area contributed by atoms with Gasteiger partial charge < -0.3 is 9.88 Å². The van der Waals surface area contributed by atoms with Crippen molar-refractivity contribution in [3.05, 3.63) is 58.0 Å². The Bertz CT molecular complexity index is 888. The molecule has 2 aromatic rings. The molecule has 3 rings (SSSR count). The summed E-state index contributed by atoms with van der Waals surface area (Å²) in [5.41, 5.74) is 7.48. The second-order valence-corrected chi connectivity index (χ2v) is 6.83. The summed E-state index contributed by atoms with van der Waals surface area (Å²) in [7, 11) is 0. The quantitative estimate of drug-likeness (QED) is 0.674. The minimum Gasteiger partial charge on any atom is -0.328 e. The van der Waals surface area contributed by atoms with Crippen LogP contribution in [0, 0.1) is 27.7 Å². The Hall–Kier alpha value is -2.40. The average Bonchev–Trinajstić information content (AvgIpc) is 2.97. The highest BCUT2D eigenvalue weighted by Crippen LogP contribution is 2.27. The van der Waals surface area contributed by atoms with Crippen molar-refractivity contribution >= 4 is 29.3 Å². The van der Waals surface area contributed by atoms with Gasteiger partial charge in [0, 0.05) is 17.9 Å². The normalized spacial score (nSPS) is 16.0. The minimum atomic E-state index is -0.0654. The first kappa shape index (κ1) is 17.4. The lowest BCUT2D eigenvalue weighted by molar-refractivity contribution is -0.122. The van der Waals surface area contributed by atoms with Gasteiger partial charge in [0.1, 0.15) is 5.70 Å². The van der Waals surface area contributed by atoms with Gasteiger partial charge in [0.05, 0.1) is 5.69 Å². The fraction of sp³-hybridized carbons (Fsp3) is 0.300. The fourth-order valence-electron chi connectivity index (χ4n) is 3.45. The number of para-hydroxylation sites is 1. The zero-order chi connectivity index (χ0) is 18.3. The van der Waals surface area contributed by atoms with Crippen LogP contribution in [0.15, 0.2) is 30.0 Å². The van der Waals surface area contributed by atoms with Crippen molar-refractivity contribution in [3.8, 4) is 5.69 Å². The van der Waals surface area contributed by atoms with Crippen LogP contribution in [0.25, 0.3) is 11.8 Å². The Morgan fingerprint density at radius 3 is 2.36 bits per heavy atom. The number of carbonyl (C=O) groups excluding carboxylic acids is 1. The molecule has 1 fully saturated rings. The van der Waals surface area contributed by atoms with E-state index in [0.29, 0.717) is 17.4 Å². The third kappa shape index (κ3) is 2.89. The van der Waals surface area contributed by atoms with E-state index in [4.69, 9.17) is 12.2 Å². The van der Waals surface area contributed by atoms with E-state index in [1.54, 1.807) is 4.90 Å². The van der Waals surface area contributed by atoms with Crippen molar-refractivity contribution in [2.24, 2.45) is 0 Å². The number of amides is 1. The Labute approximate surface area is 154 Å². The summed E-state index contributed by atoms with van der Waals surface area (Å²) >= 11 is 5.23. The zero-order valence-corrected chi connectivity index (χ0v) is 16.1. The summed E-state index contributed by atoms with van der Waals surface area (Å²) < 4.78 is 2.26. The third-order valence-electron chi connectivity index (χ3n) is 4.71. The highest BCUT2D eigenvalue weighted by Gasteiger charge is 2.29. The zero-order valence-electron chi connectivity index (χ0n) is 15.3. The van der Waals surface area contributed by atoms with Crippen molar-refractivity contribution in [2.45, 2.75) is 34.6 Å². The molecule has 0 saturated carbocycles. The predicted molar refractivity (Wildman–Crippen MR) is 106 cm³/mol. The van der Waals surface area contributed by atoms with Gasteiger partial charge in [-0.1, -0.05) is 18.2 Å². The number of hydrogen-bond donors (Lipinski definition) is 1. The number of hydrogen-bond acceptors (Lipinski definition) is 2. The summed E-state index contributed by atoms with van der Waals surface area (Å²) in [6.45, 7) is 10.9. The maximum Gasteiger partial charge on any atom is 0.276 e. The Balaban J connectivity index is 2.09. The Morgan fingerprint density at radius 2 is 1.80 bits per heavy atom. The van der Waals surface area contributed by atoms with Crippen molar-refractivity contribution < 1.29 is 4.79 Å². The number of aryl methyl sites for hydroxylation is 3. The van der Waals surface area contributed by atoms with Gasteiger partial charge in [0.25, 0.3) is 5.91 Å². The summed E-state index contributed by atoms with van der Waals surface area (Å²) in [6, 6.07) is 8.44. The molecule has 0 unspecified atom stereocenters. The highest BCUT2D eigenvalue weighted by molar-refractivity contribution is 7.80. The van der Waals surface area contributed by atoms with Crippen molar-refractivity contribution in [1.82, 2.24) is 14.8 Å². The Kier molecular flexibility index (Phi) is 4.52. The van der Waals surface area contributed by atoms with Gasteiger partial charge in [-0.05, 0) is 75.7 Å². The number of carbonyl (C=O) groups is 1. The summed E-state index contributed by atoms with van der Waals surface area (Å²) in [5.74, 6) is -0.0654.